The number of ether oxygens (including phenoxy) is 2. The summed E-state index contributed by atoms with van der Waals surface area (Å²) in [5, 5.41) is 55.3. The number of aliphatic carboxylic acids is 1. The lowest BCUT2D eigenvalue weighted by atomic mass is 9.86. The van der Waals surface area contributed by atoms with E-state index in [0.717, 1.165) is 25.7 Å². The van der Waals surface area contributed by atoms with Crippen molar-refractivity contribution in [1.29, 1.82) is 0 Å². The molecule has 0 unspecified atom stereocenters. The molecular formula is C32H41NO10. The molecule has 11 nitrogen and oxygen atoms in total. The second-order valence-electron chi connectivity index (χ2n) is 11.9. The number of nitrogens with one attached hydrogen (secondary N) is 1. The normalized spacial score (nSPS) is 24.7. The number of rotatable bonds is 13. The van der Waals surface area contributed by atoms with E-state index in [1.54, 1.807) is 12.1 Å². The van der Waals surface area contributed by atoms with Gasteiger partial charge in [0.25, 0.3) is 0 Å². The molecule has 3 aromatic rings. The van der Waals surface area contributed by atoms with E-state index in [9.17, 15) is 35.1 Å². The van der Waals surface area contributed by atoms with Gasteiger partial charge in [-0.15, -0.1) is 0 Å². The maximum absolute atomic E-state index is 13.1. The van der Waals surface area contributed by atoms with Crippen LogP contribution in [0.4, 0.5) is 0 Å². The summed E-state index contributed by atoms with van der Waals surface area (Å²) in [6.45, 7) is 6.78. The van der Waals surface area contributed by atoms with E-state index < -0.39 is 36.2 Å². The second-order valence-corrected chi connectivity index (χ2v) is 11.9. The molecule has 0 saturated carbocycles. The van der Waals surface area contributed by atoms with Gasteiger partial charge in [-0.1, -0.05) is 52.2 Å². The maximum Gasteiger partial charge on any atom is 0.335 e. The molecule has 1 aliphatic rings. The van der Waals surface area contributed by atoms with Crippen molar-refractivity contribution in [3.8, 4) is 22.6 Å². The van der Waals surface area contributed by atoms with Crippen LogP contribution in [0.25, 0.3) is 22.1 Å². The monoisotopic (exact) mass is 599 g/mol. The van der Waals surface area contributed by atoms with Gasteiger partial charge in [0, 0.05) is 12.6 Å². The number of carbonyl (C=O) groups is 1. The fourth-order valence-corrected chi connectivity index (χ4v) is 5.26. The number of fused-ring (bicyclic) bond motifs is 1. The topological polar surface area (TPSA) is 179 Å². The number of benzene rings is 2. The Labute approximate surface area is 249 Å². The smallest absolute Gasteiger partial charge is 0.335 e. The summed E-state index contributed by atoms with van der Waals surface area (Å²) >= 11 is 0. The number of hydrogen-bond donors (Lipinski definition) is 6. The highest BCUT2D eigenvalue weighted by molar-refractivity contribution is 5.82. The number of phenolic OH excluding ortho intramolecular Hbond substituents is 1. The molecular weight excluding hydrogens is 558 g/mol. The highest BCUT2D eigenvalue weighted by Gasteiger charge is 2.58. The second kappa shape index (κ2) is 13.9. The predicted molar refractivity (Wildman–Crippen MR) is 159 cm³/mol. The van der Waals surface area contributed by atoms with Crippen LogP contribution >= 0.6 is 0 Å². The molecule has 1 aromatic heterocycles. The van der Waals surface area contributed by atoms with Crippen LogP contribution in [0.1, 0.15) is 46.5 Å². The number of aliphatic hydroxyl groups is 3. The Morgan fingerprint density at radius 1 is 1.07 bits per heavy atom. The summed E-state index contributed by atoms with van der Waals surface area (Å²) in [5.41, 5.74) is -1.54. The lowest BCUT2D eigenvalue weighted by molar-refractivity contribution is -0.311. The largest absolute Gasteiger partial charge is 0.508 e. The number of aromatic hydroxyl groups is 1. The van der Waals surface area contributed by atoms with E-state index in [1.165, 1.54) is 36.6 Å². The Morgan fingerprint density at radius 2 is 1.79 bits per heavy atom. The Bertz CT molecular complexity index is 1440. The van der Waals surface area contributed by atoms with Crippen LogP contribution in [0.15, 0.2) is 57.9 Å². The predicted octanol–water partition coefficient (Wildman–Crippen LogP) is 3.25. The summed E-state index contributed by atoms with van der Waals surface area (Å²) in [6.07, 6.45) is -1.93. The highest BCUT2D eigenvalue weighted by Crippen LogP contribution is 2.33. The number of carboxylic acid groups (broad SMARTS) is 1. The lowest BCUT2D eigenvalue weighted by Crippen LogP contribution is -2.71. The van der Waals surface area contributed by atoms with Gasteiger partial charge in [0.1, 0.15) is 35.6 Å². The SMILES string of the molecule is CC(C)CCC[C@H](C)CCNC[C@]1(O)[C@H](Oc2ccc3c(=O)c(-c4ccc(O)cc4)coc3c2)O[C@H](C(=O)O)[C@@H](O)[C@@H]1O. The van der Waals surface area contributed by atoms with Crippen molar-refractivity contribution in [1.82, 2.24) is 5.32 Å². The van der Waals surface area contributed by atoms with Gasteiger partial charge in [-0.2, -0.15) is 0 Å². The molecule has 0 aliphatic carbocycles. The molecule has 6 atom stereocenters. The summed E-state index contributed by atoms with van der Waals surface area (Å²) < 4.78 is 17.0. The van der Waals surface area contributed by atoms with Gasteiger partial charge in [-0.25, -0.2) is 4.79 Å². The van der Waals surface area contributed by atoms with Gasteiger partial charge in [-0.05, 0) is 54.6 Å². The molecule has 2 aromatic carbocycles. The fourth-order valence-electron chi connectivity index (χ4n) is 5.26. The third-order valence-corrected chi connectivity index (χ3v) is 7.94. The van der Waals surface area contributed by atoms with E-state index in [0.29, 0.717) is 23.9 Å². The average Bonchev–Trinajstić information content (AvgIpc) is 2.96. The minimum atomic E-state index is -2.22. The zero-order valence-corrected chi connectivity index (χ0v) is 24.6. The van der Waals surface area contributed by atoms with Crippen LogP contribution in [-0.4, -0.2) is 74.8 Å². The summed E-state index contributed by atoms with van der Waals surface area (Å²) in [6, 6.07) is 10.4. The molecule has 1 saturated heterocycles. The average molecular weight is 600 g/mol. The Kier molecular flexibility index (Phi) is 10.5. The van der Waals surface area contributed by atoms with Crippen molar-refractivity contribution in [2.45, 2.75) is 76.7 Å². The lowest BCUT2D eigenvalue weighted by Gasteiger charge is -2.46. The van der Waals surface area contributed by atoms with Gasteiger partial charge in [0.2, 0.25) is 6.29 Å². The molecule has 2 heterocycles. The molecule has 43 heavy (non-hydrogen) atoms. The van der Waals surface area contributed by atoms with Crippen LogP contribution in [0.2, 0.25) is 0 Å². The molecule has 11 heteroatoms. The Hall–Kier alpha value is -3.48. The van der Waals surface area contributed by atoms with Crippen molar-refractivity contribution in [2.75, 3.05) is 13.1 Å². The maximum atomic E-state index is 13.1. The Morgan fingerprint density at radius 3 is 2.47 bits per heavy atom. The number of aliphatic hydroxyl groups excluding tert-OH is 2. The first-order chi connectivity index (χ1) is 20.4. The van der Waals surface area contributed by atoms with Crippen molar-refractivity contribution < 1.29 is 44.2 Å². The number of phenols is 1. The van der Waals surface area contributed by atoms with Crippen LogP contribution < -0.4 is 15.5 Å². The van der Waals surface area contributed by atoms with Crippen molar-refractivity contribution in [3.05, 3.63) is 59.0 Å². The molecule has 6 N–H and O–H groups in total. The van der Waals surface area contributed by atoms with Gasteiger partial charge in [0.05, 0.1) is 10.9 Å². The van der Waals surface area contributed by atoms with Crippen LogP contribution in [0, 0.1) is 11.8 Å². The van der Waals surface area contributed by atoms with E-state index in [4.69, 9.17) is 13.9 Å². The third-order valence-electron chi connectivity index (χ3n) is 7.94. The first-order valence-electron chi connectivity index (χ1n) is 14.6. The molecule has 0 bridgehead atoms. The molecule has 1 fully saturated rings. The minimum Gasteiger partial charge on any atom is -0.508 e. The van der Waals surface area contributed by atoms with Gasteiger partial charge >= 0.3 is 5.97 Å². The van der Waals surface area contributed by atoms with Gasteiger partial charge in [-0.3, -0.25) is 4.79 Å². The van der Waals surface area contributed by atoms with Crippen molar-refractivity contribution in [2.24, 2.45) is 11.8 Å². The van der Waals surface area contributed by atoms with Crippen molar-refractivity contribution >= 4 is 16.9 Å². The van der Waals surface area contributed by atoms with Crippen molar-refractivity contribution in [3.63, 3.8) is 0 Å². The first-order valence-corrected chi connectivity index (χ1v) is 14.6. The molecule has 0 radical (unpaired) electrons. The third kappa shape index (κ3) is 7.54. The number of hydrogen-bond acceptors (Lipinski definition) is 10. The van der Waals surface area contributed by atoms with Gasteiger partial charge < -0.3 is 44.7 Å². The molecule has 4 rings (SSSR count). The molecule has 234 valence electrons. The summed E-state index contributed by atoms with van der Waals surface area (Å²) in [4.78, 5) is 24.9. The van der Waals surface area contributed by atoms with E-state index in [2.05, 4.69) is 26.1 Å². The zero-order chi connectivity index (χ0) is 31.3. The Balaban J connectivity index is 1.51. The van der Waals surface area contributed by atoms with Gasteiger partial charge in [0.15, 0.2) is 17.1 Å². The van der Waals surface area contributed by atoms with Crippen LogP contribution in [0.5, 0.6) is 11.5 Å². The summed E-state index contributed by atoms with van der Waals surface area (Å²) in [5.74, 6) is -0.318. The first kappa shape index (κ1) is 32.4. The van der Waals surface area contributed by atoms with Crippen LogP contribution in [0.3, 0.4) is 0 Å². The highest BCUT2D eigenvalue weighted by atomic mass is 16.7. The fraction of sp³-hybridized carbons (Fsp3) is 0.500. The molecule has 1 aliphatic heterocycles. The number of carboxylic acids is 1. The van der Waals surface area contributed by atoms with E-state index in [-0.39, 0.29) is 40.0 Å². The standard InChI is InChI=1S/C32H41NO10/c1-18(2)5-4-6-19(3)13-14-33-17-32(40)29(37)27(36)28(30(38)39)43-31(32)42-22-11-12-23-25(15-22)41-16-24(26(23)35)20-7-9-21(34)10-8-20/h7-12,15-16,18-19,27-29,31,33-34,36-37,40H,4-6,13-14,17H2,1-3H3,(H,38,39)/t19-,27+,28-,29-,31+,32+/m0/s1. The zero-order valence-electron chi connectivity index (χ0n) is 24.6. The molecule has 0 amide bonds. The summed E-state index contributed by atoms with van der Waals surface area (Å²) in [7, 11) is 0. The molecule has 0 spiro atoms. The quantitative estimate of drug-likeness (QED) is 0.159. The van der Waals surface area contributed by atoms with E-state index >= 15 is 0 Å². The minimum absolute atomic E-state index is 0.0604. The van der Waals surface area contributed by atoms with Crippen LogP contribution in [-0.2, 0) is 9.53 Å². The van der Waals surface area contributed by atoms with E-state index in [1.807, 2.05) is 0 Å².